The number of rotatable bonds is 1. The minimum Gasteiger partial charge on any atom is -0.443 e. The van der Waals surface area contributed by atoms with E-state index in [2.05, 4.69) is 5.10 Å². The third-order valence-corrected chi connectivity index (χ3v) is 4.03. The summed E-state index contributed by atoms with van der Waals surface area (Å²) in [6.45, 7) is 5.89. The summed E-state index contributed by atoms with van der Waals surface area (Å²) in [6.07, 6.45) is -3.47. The first kappa shape index (κ1) is 19.2. The van der Waals surface area contributed by atoms with Crippen LogP contribution in [0.3, 0.4) is 0 Å². The van der Waals surface area contributed by atoms with Crippen LogP contribution in [-0.2, 0) is 17.5 Å². The number of alkyl halides is 3. The number of carbonyl (C=O) groups excluding carboxylic acids is 1. The quantitative estimate of drug-likeness (QED) is 0.817. The molecule has 0 bridgehead atoms. The Morgan fingerprint density at radius 1 is 1.19 bits per heavy atom. The lowest BCUT2D eigenvalue weighted by Gasteiger charge is -2.33. The maximum Gasteiger partial charge on any atom is 0.416 e. The molecule has 3 rings (SSSR count). The Morgan fingerprint density at radius 3 is 2.37 bits per heavy atom. The summed E-state index contributed by atoms with van der Waals surface area (Å²) in [5.41, 5.74) is 5.65. The number of nitrogens with two attached hydrogens (primary N) is 1. The fourth-order valence-corrected chi connectivity index (χ4v) is 2.92. The van der Waals surface area contributed by atoms with Gasteiger partial charge < -0.3 is 10.5 Å². The summed E-state index contributed by atoms with van der Waals surface area (Å²) in [5, 5.41) is 4.25. The van der Waals surface area contributed by atoms with Gasteiger partial charge in [0, 0.05) is 18.2 Å². The molecule has 1 aromatic carbocycles. The number of amides is 1. The Bertz CT molecular complexity index is 838. The van der Waals surface area contributed by atoms with Crippen LogP contribution in [0.1, 0.15) is 26.3 Å². The van der Waals surface area contributed by atoms with E-state index in [1.165, 1.54) is 23.2 Å². The van der Waals surface area contributed by atoms with E-state index in [9.17, 15) is 18.0 Å². The van der Waals surface area contributed by atoms with E-state index in [0.29, 0.717) is 23.5 Å². The first-order valence-corrected chi connectivity index (χ1v) is 8.45. The van der Waals surface area contributed by atoms with Crippen LogP contribution in [0.15, 0.2) is 30.5 Å². The smallest absolute Gasteiger partial charge is 0.416 e. The molecule has 2 N–H and O–H groups in total. The van der Waals surface area contributed by atoms with Crippen LogP contribution >= 0.6 is 0 Å². The van der Waals surface area contributed by atoms with Gasteiger partial charge in [-0.1, -0.05) is 12.1 Å². The summed E-state index contributed by atoms with van der Waals surface area (Å²) in [4.78, 5) is 14.0. The number of hydrogen-bond acceptors (Lipinski definition) is 4. The molecule has 0 aliphatic carbocycles. The number of benzene rings is 1. The number of anilines is 1. The van der Waals surface area contributed by atoms with Gasteiger partial charge in [0.05, 0.1) is 18.3 Å². The first-order valence-electron chi connectivity index (χ1n) is 8.45. The summed E-state index contributed by atoms with van der Waals surface area (Å²) in [7, 11) is 0. The van der Waals surface area contributed by atoms with E-state index >= 15 is 0 Å². The second-order valence-electron chi connectivity index (χ2n) is 7.49. The topological polar surface area (TPSA) is 73.4 Å². The molecule has 0 spiro atoms. The van der Waals surface area contributed by atoms with Crippen LogP contribution < -0.4 is 10.6 Å². The van der Waals surface area contributed by atoms with Gasteiger partial charge in [-0.05, 0) is 38.5 Å². The van der Waals surface area contributed by atoms with E-state index in [1.54, 1.807) is 25.5 Å². The Kier molecular flexibility index (Phi) is 4.67. The van der Waals surface area contributed by atoms with Gasteiger partial charge in [0.2, 0.25) is 0 Å². The third-order valence-electron chi connectivity index (χ3n) is 4.03. The molecule has 9 heteroatoms. The van der Waals surface area contributed by atoms with E-state index in [0.717, 1.165) is 12.1 Å². The molecule has 1 atom stereocenters. The predicted octanol–water partition coefficient (Wildman–Crippen LogP) is 3.65. The van der Waals surface area contributed by atoms with Gasteiger partial charge in [-0.3, -0.25) is 4.90 Å². The Labute approximate surface area is 154 Å². The van der Waals surface area contributed by atoms with Gasteiger partial charge in [0.1, 0.15) is 11.4 Å². The SMILES string of the molecule is CC(C)(C)OC(=O)N1CC(N)Cn2ncc(-c3ccc(C(F)(F)F)cc3)c21. The molecule has 1 aliphatic rings. The van der Waals surface area contributed by atoms with Gasteiger partial charge in [0.15, 0.2) is 0 Å². The maximum atomic E-state index is 12.8. The number of halogens is 3. The highest BCUT2D eigenvalue weighted by atomic mass is 19.4. The van der Waals surface area contributed by atoms with Crippen molar-refractivity contribution in [2.45, 2.75) is 45.1 Å². The van der Waals surface area contributed by atoms with Crippen molar-refractivity contribution >= 4 is 11.9 Å². The second kappa shape index (κ2) is 6.56. The fourth-order valence-electron chi connectivity index (χ4n) is 2.92. The van der Waals surface area contributed by atoms with Crippen molar-refractivity contribution in [2.75, 3.05) is 11.4 Å². The summed E-state index contributed by atoms with van der Waals surface area (Å²) in [5.74, 6) is 0.464. The standard InChI is InChI=1S/C18H21F3N4O2/c1-17(2,3)27-16(26)24-9-13(22)10-25-15(24)14(8-23-25)11-4-6-12(7-5-11)18(19,20)21/h4-8,13H,9-10,22H2,1-3H3. The summed E-state index contributed by atoms with van der Waals surface area (Å²) >= 11 is 0. The van der Waals surface area contributed by atoms with Gasteiger partial charge in [0.25, 0.3) is 0 Å². The van der Waals surface area contributed by atoms with Crippen LogP contribution in [0, 0.1) is 0 Å². The van der Waals surface area contributed by atoms with Crippen molar-refractivity contribution in [3.8, 4) is 11.1 Å². The average Bonchev–Trinajstić information content (AvgIpc) is 2.95. The number of aromatic nitrogens is 2. The van der Waals surface area contributed by atoms with Gasteiger partial charge >= 0.3 is 12.3 Å². The average molecular weight is 382 g/mol. The maximum absolute atomic E-state index is 12.8. The normalized spacial score (nSPS) is 17.6. The largest absolute Gasteiger partial charge is 0.443 e. The molecular formula is C18H21F3N4O2. The molecule has 1 unspecified atom stereocenters. The van der Waals surface area contributed by atoms with Gasteiger partial charge in [-0.25, -0.2) is 9.48 Å². The molecule has 0 fully saturated rings. The van der Waals surface area contributed by atoms with Crippen molar-refractivity contribution in [3.05, 3.63) is 36.0 Å². The van der Waals surface area contributed by atoms with E-state index in [1.807, 2.05) is 0 Å². The predicted molar refractivity (Wildman–Crippen MR) is 94.2 cm³/mol. The zero-order valence-electron chi connectivity index (χ0n) is 15.2. The monoisotopic (exact) mass is 382 g/mol. The summed E-state index contributed by atoms with van der Waals surface area (Å²) < 4.78 is 45.4. The van der Waals surface area contributed by atoms with Crippen molar-refractivity contribution in [1.82, 2.24) is 9.78 Å². The molecule has 2 aromatic rings. The van der Waals surface area contributed by atoms with Crippen LogP contribution in [0.5, 0.6) is 0 Å². The number of ether oxygens (including phenoxy) is 1. The molecule has 1 aliphatic heterocycles. The van der Waals surface area contributed by atoms with E-state index in [-0.39, 0.29) is 12.6 Å². The van der Waals surface area contributed by atoms with Crippen LogP contribution in [0.25, 0.3) is 11.1 Å². The van der Waals surface area contributed by atoms with Crippen LogP contribution in [-0.4, -0.2) is 34.1 Å². The molecule has 2 heterocycles. The van der Waals surface area contributed by atoms with Crippen LogP contribution in [0.2, 0.25) is 0 Å². The molecule has 6 nitrogen and oxygen atoms in total. The zero-order chi connectivity index (χ0) is 20.0. The molecule has 1 aromatic heterocycles. The van der Waals surface area contributed by atoms with Crippen molar-refractivity contribution in [1.29, 1.82) is 0 Å². The van der Waals surface area contributed by atoms with Crippen molar-refractivity contribution in [3.63, 3.8) is 0 Å². The molecule has 27 heavy (non-hydrogen) atoms. The Morgan fingerprint density at radius 2 is 1.81 bits per heavy atom. The molecule has 0 radical (unpaired) electrons. The Balaban J connectivity index is 2.00. The lowest BCUT2D eigenvalue weighted by atomic mass is 10.0. The number of carbonyl (C=O) groups is 1. The zero-order valence-corrected chi connectivity index (χ0v) is 15.2. The Hall–Kier alpha value is -2.55. The van der Waals surface area contributed by atoms with Crippen molar-refractivity contribution in [2.24, 2.45) is 5.73 Å². The lowest BCUT2D eigenvalue weighted by molar-refractivity contribution is -0.137. The number of hydrogen-bond donors (Lipinski definition) is 1. The first-order chi connectivity index (χ1) is 12.5. The van der Waals surface area contributed by atoms with Crippen LogP contribution in [0.4, 0.5) is 23.8 Å². The minimum atomic E-state index is -4.41. The molecule has 146 valence electrons. The molecule has 0 saturated carbocycles. The highest BCUT2D eigenvalue weighted by Crippen LogP contribution is 2.36. The molecule has 0 saturated heterocycles. The van der Waals surface area contributed by atoms with Gasteiger partial charge in [-0.2, -0.15) is 18.3 Å². The second-order valence-corrected chi connectivity index (χ2v) is 7.49. The molecular weight excluding hydrogens is 361 g/mol. The lowest BCUT2D eigenvalue weighted by Crippen LogP contribution is -2.50. The van der Waals surface area contributed by atoms with E-state index in [4.69, 9.17) is 10.5 Å². The number of nitrogens with zero attached hydrogens (tertiary/aromatic N) is 3. The minimum absolute atomic E-state index is 0.230. The molecule has 1 amide bonds. The van der Waals surface area contributed by atoms with E-state index < -0.39 is 23.4 Å². The number of fused-ring (bicyclic) bond motifs is 1. The van der Waals surface area contributed by atoms with Gasteiger partial charge in [-0.15, -0.1) is 0 Å². The third kappa shape index (κ3) is 4.08. The highest BCUT2D eigenvalue weighted by molar-refractivity contribution is 5.93. The van der Waals surface area contributed by atoms with Crippen molar-refractivity contribution < 1.29 is 22.7 Å². The highest BCUT2D eigenvalue weighted by Gasteiger charge is 2.34. The fraction of sp³-hybridized carbons (Fsp3) is 0.444. The summed E-state index contributed by atoms with van der Waals surface area (Å²) in [6, 6.07) is 4.41.